The molecule has 4 rings (SSSR count). The van der Waals surface area contributed by atoms with Crippen LogP contribution in [0.5, 0.6) is 5.75 Å². The molecule has 3 aromatic rings. The van der Waals surface area contributed by atoms with E-state index in [9.17, 15) is 13.2 Å². The van der Waals surface area contributed by atoms with Crippen molar-refractivity contribution in [2.75, 3.05) is 23.3 Å². The van der Waals surface area contributed by atoms with Crippen molar-refractivity contribution in [2.24, 2.45) is 0 Å². The lowest BCUT2D eigenvalue weighted by atomic mass is 10.2. The van der Waals surface area contributed by atoms with E-state index >= 15 is 0 Å². The van der Waals surface area contributed by atoms with Gasteiger partial charge in [-0.1, -0.05) is 42.5 Å². The Balaban J connectivity index is 1.62. The van der Waals surface area contributed by atoms with Crippen molar-refractivity contribution in [1.82, 2.24) is 0 Å². The highest BCUT2D eigenvalue weighted by molar-refractivity contribution is 7.92. The number of nitrogens with one attached hydrogen (secondary N) is 1. The quantitative estimate of drug-likeness (QED) is 0.637. The maximum Gasteiger partial charge on any atom is 0.267 e. The SMILES string of the molecule is COCc1cccc(NC(=O)[C@@H]2CN(S(=O)(=O)c3ccccc3)c3ccccc3O2)c1. The summed E-state index contributed by atoms with van der Waals surface area (Å²) < 4.78 is 38.9. The minimum absolute atomic E-state index is 0.141. The van der Waals surface area contributed by atoms with Crippen molar-refractivity contribution in [2.45, 2.75) is 17.6 Å². The van der Waals surface area contributed by atoms with Crippen LogP contribution < -0.4 is 14.4 Å². The molecule has 8 heteroatoms. The van der Waals surface area contributed by atoms with Gasteiger partial charge in [-0.3, -0.25) is 9.10 Å². The number of hydrogen-bond acceptors (Lipinski definition) is 5. The lowest BCUT2D eigenvalue weighted by molar-refractivity contribution is -0.122. The van der Waals surface area contributed by atoms with E-state index in [-0.39, 0.29) is 11.4 Å². The van der Waals surface area contributed by atoms with Crippen LogP contribution in [0.15, 0.2) is 83.8 Å². The number of para-hydroxylation sites is 2. The summed E-state index contributed by atoms with van der Waals surface area (Å²) in [7, 11) is -2.27. The van der Waals surface area contributed by atoms with Gasteiger partial charge in [0, 0.05) is 12.8 Å². The van der Waals surface area contributed by atoms with Gasteiger partial charge in [0.2, 0.25) is 0 Å². The highest BCUT2D eigenvalue weighted by Crippen LogP contribution is 2.36. The fourth-order valence-electron chi connectivity index (χ4n) is 3.41. The van der Waals surface area contributed by atoms with Gasteiger partial charge in [-0.05, 0) is 42.0 Å². The molecule has 160 valence electrons. The number of carbonyl (C=O) groups excluding carboxylic acids is 1. The van der Waals surface area contributed by atoms with E-state index in [1.807, 2.05) is 12.1 Å². The molecule has 0 aliphatic carbocycles. The maximum absolute atomic E-state index is 13.3. The van der Waals surface area contributed by atoms with E-state index in [0.717, 1.165) is 5.56 Å². The van der Waals surface area contributed by atoms with Crippen LogP contribution in [0.2, 0.25) is 0 Å². The van der Waals surface area contributed by atoms with E-state index in [2.05, 4.69) is 5.32 Å². The number of nitrogens with zero attached hydrogens (tertiary/aromatic N) is 1. The molecule has 1 N–H and O–H groups in total. The van der Waals surface area contributed by atoms with Crippen LogP contribution in [0.25, 0.3) is 0 Å². The van der Waals surface area contributed by atoms with Crippen LogP contribution in [0.4, 0.5) is 11.4 Å². The minimum Gasteiger partial charge on any atom is -0.476 e. The summed E-state index contributed by atoms with van der Waals surface area (Å²) in [5.41, 5.74) is 1.89. The normalized spacial score (nSPS) is 15.6. The number of hydrogen-bond donors (Lipinski definition) is 1. The van der Waals surface area contributed by atoms with Gasteiger partial charge in [0.15, 0.2) is 6.10 Å². The Bertz CT molecular complexity index is 1180. The van der Waals surface area contributed by atoms with Crippen molar-refractivity contribution in [3.63, 3.8) is 0 Å². The Hall–Kier alpha value is -3.36. The number of amides is 1. The van der Waals surface area contributed by atoms with E-state index in [4.69, 9.17) is 9.47 Å². The highest BCUT2D eigenvalue weighted by Gasteiger charge is 2.37. The van der Waals surface area contributed by atoms with E-state index in [0.29, 0.717) is 23.7 Å². The molecule has 0 radical (unpaired) electrons. The van der Waals surface area contributed by atoms with Crippen LogP contribution in [-0.4, -0.2) is 34.1 Å². The van der Waals surface area contributed by atoms with Gasteiger partial charge in [0.25, 0.3) is 15.9 Å². The molecule has 0 unspecified atom stereocenters. The monoisotopic (exact) mass is 438 g/mol. The topological polar surface area (TPSA) is 84.9 Å². The second-order valence-corrected chi connectivity index (χ2v) is 8.91. The summed E-state index contributed by atoms with van der Waals surface area (Å²) in [6.07, 6.45) is -1.01. The molecule has 0 aromatic heterocycles. The van der Waals surface area contributed by atoms with Gasteiger partial charge >= 0.3 is 0 Å². The van der Waals surface area contributed by atoms with Crippen LogP contribution in [0.3, 0.4) is 0 Å². The molecule has 7 nitrogen and oxygen atoms in total. The molecular weight excluding hydrogens is 416 g/mol. The molecule has 3 aromatic carbocycles. The first-order valence-corrected chi connectivity index (χ1v) is 11.2. The Morgan fingerprint density at radius 3 is 2.58 bits per heavy atom. The molecule has 1 aliphatic heterocycles. The number of sulfonamides is 1. The molecule has 0 saturated heterocycles. The largest absolute Gasteiger partial charge is 0.476 e. The lowest BCUT2D eigenvalue weighted by Crippen LogP contribution is -2.48. The van der Waals surface area contributed by atoms with Gasteiger partial charge in [-0.2, -0.15) is 0 Å². The fraction of sp³-hybridized carbons (Fsp3) is 0.174. The third-order valence-corrected chi connectivity index (χ3v) is 6.66. The molecule has 0 bridgehead atoms. The number of ether oxygens (including phenoxy) is 2. The predicted molar refractivity (Wildman–Crippen MR) is 118 cm³/mol. The summed E-state index contributed by atoms with van der Waals surface area (Å²) in [4.78, 5) is 13.1. The zero-order valence-electron chi connectivity index (χ0n) is 16.9. The third kappa shape index (κ3) is 4.40. The first-order valence-electron chi connectivity index (χ1n) is 9.71. The van der Waals surface area contributed by atoms with Crippen LogP contribution in [0, 0.1) is 0 Å². The third-order valence-electron chi connectivity index (χ3n) is 4.86. The number of benzene rings is 3. The fourth-order valence-corrected chi connectivity index (χ4v) is 4.91. The smallest absolute Gasteiger partial charge is 0.267 e. The number of carbonyl (C=O) groups is 1. The van der Waals surface area contributed by atoms with Gasteiger partial charge < -0.3 is 14.8 Å². The van der Waals surface area contributed by atoms with E-state index in [1.54, 1.807) is 61.7 Å². The first-order chi connectivity index (χ1) is 15.0. The Morgan fingerprint density at radius 1 is 1.06 bits per heavy atom. The highest BCUT2D eigenvalue weighted by atomic mass is 32.2. The van der Waals surface area contributed by atoms with Crippen LogP contribution in [0.1, 0.15) is 5.56 Å². The van der Waals surface area contributed by atoms with Gasteiger partial charge in [-0.25, -0.2) is 8.42 Å². The summed E-state index contributed by atoms with van der Waals surface area (Å²) in [5.74, 6) is -0.0983. The second-order valence-electron chi connectivity index (χ2n) is 7.05. The average Bonchev–Trinajstić information content (AvgIpc) is 2.79. The summed E-state index contributed by atoms with van der Waals surface area (Å²) in [5, 5.41) is 2.81. The molecule has 0 fully saturated rings. The van der Waals surface area contributed by atoms with Crippen LogP contribution >= 0.6 is 0 Å². The zero-order chi connectivity index (χ0) is 21.8. The molecule has 0 saturated carbocycles. The predicted octanol–water partition coefficient (Wildman–Crippen LogP) is 3.43. The van der Waals surface area contributed by atoms with Crippen molar-refractivity contribution < 1.29 is 22.7 Å². The molecule has 31 heavy (non-hydrogen) atoms. The molecular formula is C23H22N2O5S. The number of methoxy groups -OCH3 is 1. The molecule has 1 atom stereocenters. The Labute approximate surface area is 181 Å². The Morgan fingerprint density at radius 2 is 1.81 bits per heavy atom. The summed E-state index contributed by atoms with van der Waals surface area (Å²) >= 11 is 0. The van der Waals surface area contributed by atoms with Crippen molar-refractivity contribution in [3.8, 4) is 5.75 Å². The summed E-state index contributed by atoms with van der Waals surface area (Å²) in [6, 6.07) is 22.2. The number of anilines is 2. The van der Waals surface area contributed by atoms with Gasteiger partial charge in [0.05, 0.1) is 23.7 Å². The number of fused-ring (bicyclic) bond motifs is 1. The number of rotatable bonds is 6. The molecule has 1 heterocycles. The van der Waals surface area contributed by atoms with E-state index < -0.39 is 22.0 Å². The minimum atomic E-state index is -3.87. The van der Waals surface area contributed by atoms with Gasteiger partial charge in [0.1, 0.15) is 5.75 Å². The van der Waals surface area contributed by atoms with Crippen LogP contribution in [-0.2, 0) is 26.2 Å². The standard InChI is InChI=1S/C23H22N2O5S/c1-29-16-17-8-7-9-18(14-17)24-23(26)22-15-25(20-12-5-6-13-21(20)30-22)31(27,28)19-10-3-2-4-11-19/h2-14,22H,15-16H2,1H3,(H,24,26)/t22-/m0/s1. The summed E-state index contributed by atoms with van der Waals surface area (Å²) in [6.45, 7) is 0.276. The lowest BCUT2D eigenvalue weighted by Gasteiger charge is -2.34. The first kappa shape index (κ1) is 20.9. The maximum atomic E-state index is 13.3. The second kappa shape index (κ2) is 8.79. The molecule has 0 spiro atoms. The van der Waals surface area contributed by atoms with Crippen molar-refractivity contribution in [1.29, 1.82) is 0 Å². The molecule has 1 amide bonds. The zero-order valence-corrected chi connectivity index (χ0v) is 17.7. The molecule has 1 aliphatic rings. The Kier molecular flexibility index (Phi) is 5.92. The van der Waals surface area contributed by atoms with E-state index in [1.165, 1.54) is 16.4 Å². The average molecular weight is 439 g/mol. The van der Waals surface area contributed by atoms with Gasteiger partial charge in [-0.15, -0.1) is 0 Å². The van der Waals surface area contributed by atoms with Crippen molar-refractivity contribution >= 4 is 27.3 Å². The van der Waals surface area contributed by atoms with Crippen molar-refractivity contribution in [3.05, 3.63) is 84.4 Å².